The van der Waals surface area contributed by atoms with E-state index in [4.69, 9.17) is 0 Å². The van der Waals surface area contributed by atoms with Crippen LogP contribution in [0, 0.1) is 0 Å². The van der Waals surface area contributed by atoms with Crippen LogP contribution in [0.3, 0.4) is 0 Å². The molecule has 0 radical (unpaired) electrons. The third-order valence-electron chi connectivity index (χ3n) is 3.38. The molecule has 0 amide bonds. The maximum Gasteiger partial charge on any atom is 0.0962 e. The summed E-state index contributed by atoms with van der Waals surface area (Å²) in [6, 6.07) is 14.3. The highest BCUT2D eigenvalue weighted by Crippen LogP contribution is 2.19. The second-order valence-electron chi connectivity index (χ2n) is 5.21. The van der Waals surface area contributed by atoms with Crippen molar-refractivity contribution in [1.82, 2.24) is 4.98 Å². The minimum absolute atomic E-state index is 0.481. The lowest BCUT2D eigenvalue weighted by atomic mass is 9.99. The van der Waals surface area contributed by atoms with Gasteiger partial charge in [-0.2, -0.15) is 0 Å². The minimum atomic E-state index is -0.481. The van der Waals surface area contributed by atoms with E-state index in [0.717, 1.165) is 12.1 Å². The Morgan fingerprint density at radius 1 is 1.05 bits per heavy atom. The number of hydrogen-bond acceptors (Lipinski definition) is 2. The van der Waals surface area contributed by atoms with Gasteiger partial charge in [-0.25, -0.2) is 0 Å². The lowest BCUT2D eigenvalue weighted by Gasteiger charge is -2.10. The monoisotopic (exact) mass is 255 g/mol. The van der Waals surface area contributed by atoms with Gasteiger partial charge < -0.3 is 5.11 Å². The first-order valence-corrected chi connectivity index (χ1v) is 6.84. The number of pyridine rings is 1. The highest BCUT2D eigenvalue weighted by Gasteiger charge is 2.08. The number of rotatable bonds is 5. The molecule has 0 aliphatic carbocycles. The zero-order chi connectivity index (χ0) is 13.7. The molecule has 100 valence electrons. The second-order valence-corrected chi connectivity index (χ2v) is 5.21. The van der Waals surface area contributed by atoms with Crippen LogP contribution in [-0.2, 0) is 6.42 Å². The standard InChI is InChI=1S/C17H21NO/c1-13(2)15-9-6-14(7-10-15)8-11-17(19)16-5-3-4-12-18-16/h3-7,9-10,12-13,17,19H,8,11H2,1-2H3. The van der Waals surface area contributed by atoms with Gasteiger partial charge in [-0.15, -0.1) is 0 Å². The van der Waals surface area contributed by atoms with E-state index >= 15 is 0 Å². The number of nitrogens with zero attached hydrogens (tertiary/aromatic N) is 1. The first kappa shape index (κ1) is 13.8. The molecule has 0 bridgehead atoms. The van der Waals surface area contributed by atoms with Crippen molar-refractivity contribution in [1.29, 1.82) is 0 Å². The summed E-state index contributed by atoms with van der Waals surface area (Å²) in [5.41, 5.74) is 3.37. The molecule has 0 fully saturated rings. The van der Waals surface area contributed by atoms with E-state index in [9.17, 15) is 5.11 Å². The highest BCUT2D eigenvalue weighted by molar-refractivity contribution is 5.25. The van der Waals surface area contributed by atoms with E-state index in [1.165, 1.54) is 11.1 Å². The third-order valence-corrected chi connectivity index (χ3v) is 3.38. The first-order valence-electron chi connectivity index (χ1n) is 6.84. The maximum atomic E-state index is 10.1. The number of aryl methyl sites for hydroxylation is 1. The summed E-state index contributed by atoms with van der Waals surface area (Å²) in [6.45, 7) is 4.39. The summed E-state index contributed by atoms with van der Waals surface area (Å²) in [7, 11) is 0. The lowest BCUT2D eigenvalue weighted by Crippen LogP contribution is -2.01. The molecule has 19 heavy (non-hydrogen) atoms. The Morgan fingerprint density at radius 2 is 1.79 bits per heavy atom. The summed E-state index contributed by atoms with van der Waals surface area (Å²) in [4.78, 5) is 4.18. The van der Waals surface area contributed by atoms with Crippen LogP contribution in [0.25, 0.3) is 0 Å². The van der Waals surface area contributed by atoms with Gasteiger partial charge >= 0.3 is 0 Å². The summed E-state index contributed by atoms with van der Waals surface area (Å²) in [6.07, 6.45) is 2.82. The molecule has 1 atom stereocenters. The minimum Gasteiger partial charge on any atom is -0.387 e. The molecule has 1 heterocycles. The summed E-state index contributed by atoms with van der Waals surface area (Å²) in [5, 5.41) is 10.1. The fourth-order valence-electron chi connectivity index (χ4n) is 2.09. The van der Waals surface area contributed by atoms with Gasteiger partial charge in [0.05, 0.1) is 11.8 Å². The zero-order valence-electron chi connectivity index (χ0n) is 11.6. The van der Waals surface area contributed by atoms with E-state index < -0.39 is 6.10 Å². The number of hydrogen-bond donors (Lipinski definition) is 1. The molecule has 1 N–H and O–H groups in total. The van der Waals surface area contributed by atoms with Gasteiger partial charge in [-0.1, -0.05) is 44.2 Å². The number of benzene rings is 1. The molecule has 1 unspecified atom stereocenters. The Bertz CT molecular complexity index is 490. The highest BCUT2D eigenvalue weighted by atomic mass is 16.3. The van der Waals surface area contributed by atoms with Crippen molar-refractivity contribution in [2.45, 2.75) is 38.7 Å². The average Bonchev–Trinajstić information content (AvgIpc) is 2.46. The van der Waals surface area contributed by atoms with Crippen LogP contribution in [0.4, 0.5) is 0 Å². The predicted octanol–water partition coefficient (Wildman–Crippen LogP) is 3.87. The van der Waals surface area contributed by atoms with Crippen molar-refractivity contribution in [3.8, 4) is 0 Å². The van der Waals surface area contributed by atoms with Crippen LogP contribution in [0.2, 0.25) is 0 Å². The maximum absolute atomic E-state index is 10.1. The number of aliphatic hydroxyl groups is 1. The Labute approximate surface area is 115 Å². The van der Waals surface area contributed by atoms with E-state index in [0.29, 0.717) is 12.3 Å². The SMILES string of the molecule is CC(C)c1ccc(CCC(O)c2ccccn2)cc1. The number of aromatic nitrogens is 1. The summed E-state index contributed by atoms with van der Waals surface area (Å²) in [5.74, 6) is 0.563. The Balaban J connectivity index is 1.92. The van der Waals surface area contributed by atoms with Crippen LogP contribution >= 0.6 is 0 Å². The van der Waals surface area contributed by atoms with Crippen molar-refractivity contribution in [2.24, 2.45) is 0 Å². The Hall–Kier alpha value is -1.67. The molecule has 0 aliphatic rings. The van der Waals surface area contributed by atoms with Crippen molar-refractivity contribution in [3.05, 3.63) is 65.5 Å². The zero-order valence-corrected chi connectivity index (χ0v) is 11.6. The predicted molar refractivity (Wildman–Crippen MR) is 78.0 cm³/mol. The van der Waals surface area contributed by atoms with E-state index in [2.05, 4.69) is 43.1 Å². The van der Waals surface area contributed by atoms with Crippen LogP contribution in [0.15, 0.2) is 48.7 Å². The van der Waals surface area contributed by atoms with Gasteiger partial charge in [0.15, 0.2) is 0 Å². The van der Waals surface area contributed by atoms with E-state index in [1.807, 2.05) is 18.2 Å². The molecule has 2 nitrogen and oxygen atoms in total. The van der Waals surface area contributed by atoms with Crippen LogP contribution < -0.4 is 0 Å². The molecule has 0 saturated carbocycles. The average molecular weight is 255 g/mol. The molecule has 0 spiro atoms. The van der Waals surface area contributed by atoms with Gasteiger partial charge in [-0.05, 0) is 42.0 Å². The molecular weight excluding hydrogens is 234 g/mol. The first-order chi connectivity index (χ1) is 9.16. The molecule has 2 aromatic rings. The molecular formula is C17H21NO. The van der Waals surface area contributed by atoms with Gasteiger partial charge in [0.1, 0.15) is 0 Å². The van der Waals surface area contributed by atoms with Gasteiger partial charge in [0.25, 0.3) is 0 Å². The van der Waals surface area contributed by atoms with Crippen LogP contribution in [-0.4, -0.2) is 10.1 Å². The van der Waals surface area contributed by atoms with E-state index in [-0.39, 0.29) is 0 Å². The molecule has 1 aromatic carbocycles. The van der Waals surface area contributed by atoms with Crippen LogP contribution in [0.5, 0.6) is 0 Å². The van der Waals surface area contributed by atoms with Gasteiger partial charge in [0.2, 0.25) is 0 Å². The third kappa shape index (κ3) is 3.90. The topological polar surface area (TPSA) is 33.1 Å². The quantitative estimate of drug-likeness (QED) is 0.879. The smallest absolute Gasteiger partial charge is 0.0962 e. The lowest BCUT2D eigenvalue weighted by molar-refractivity contribution is 0.163. The van der Waals surface area contributed by atoms with Crippen LogP contribution in [0.1, 0.15) is 49.1 Å². The van der Waals surface area contributed by atoms with Gasteiger partial charge in [-0.3, -0.25) is 4.98 Å². The fourth-order valence-corrected chi connectivity index (χ4v) is 2.09. The van der Waals surface area contributed by atoms with Crippen molar-refractivity contribution in [2.75, 3.05) is 0 Å². The molecule has 0 saturated heterocycles. The van der Waals surface area contributed by atoms with Crippen molar-refractivity contribution in [3.63, 3.8) is 0 Å². The molecule has 0 aliphatic heterocycles. The largest absolute Gasteiger partial charge is 0.387 e. The number of aliphatic hydroxyl groups excluding tert-OH is 1. The van der Waals surface area contributed by atoms with Gasteiger partial charge in [0, 0.05) is 6.20 Å². The summed E-state index contributed by atoms with van der Waals surface area (Å²) >= 11 is 0. The Kier molecular flexibility index (Phi) is 4.69. The molecule has 2 rings (SSSR count). The van der Waals surface area contributed by atoms with Crippen molar-refractivity contribution >= 4 is 0 Å². The fraction of sp³-hybridized carbons (Fsp3) is 0.353. The Morgan fingerprint density at radius 3 is 2.37 bits per heavy atom. The molecule has 2 heteroatoms. The van der Waals surface area contributed by atoms with Crippen molar-refractivity contribution < 1.29 is 5.11 Å². The molecule has 1 aromatic heterocycles. The second kappa shape index (κ2) is 6.48. The van der Waals surface area contributed by atoms with E-state index in [1.54, 1.807) is 6.20 Å². The normalized spacial score (nSPS) is 12.6. The summed E-state index contributed by atoms with van der Waals surface area (Å²) < 4.78 is 0.